The number of benzene rings is 2. The lowest BCUT2D eigenvalue weighted by atomic mass is 10.1. The number of halogens is 1. The van der Waals surface area contributed by atoms with Crippen molar-refractivity contribution >= 4 is 23.2 Å². The topological polar surface area (TPSA) is 64.3 Å². The second-order valence-electron chi connectivity index (χ2n) is 4.66. The Bertz CT molecular complexity index is 654. The van der Waals surface area contributed by atoms with Gasteiger partial charge in [0.2, 0.25) is 0 Å². The molecule has 0 aromatic heterocycles. The number of ether oxygens (including phenoxy) is 1. The van der Waals surface area contributed by atoms with Gasteiger partial charge in [0.1, 0.15) is 5.75 Å². The standard InChI is InChI=1S/C16H17ClN2O2/c1-10-7-14(15(21-2)8-13(10)17)19-16(20)12-5-3-11(9-18)4-6-12/h3-8H,9,18H2,1-2H3,(H,19,20). The van der Waals surface area contributed by atoms with Crippen LogP contribution in [0.15, 0.2) is 36.4 Å². The minimum atomic E-state index is -0.210. The highest BCUT2D eigenvalue weighted by Gasteiger charge is 2.11. The molecule has 2 aromatic rings. The van der Waals surface area contributed by atoms with Gasteiger partial charge < -0.3 is 15.8 Å². The summed E-state index contributed by atoms with van der Waals surface area (Å²) in [6.07, 6.45) is 0. The summed E-state index contributed by atoms with van der Waals surface area (Å²) in [5.41, 5.74) is 8.53. The normalized spacial score (nSPS) is 10.3. The van der Waals surface area contributed by atoms with Crippen molar-refractivity contribution in [3.63, 3.8) is 0 Å². The molecular weight excluding hydrogens is 288 g/mol. The van der Waals surface area contributed by atoms with Gasteiger partial charge >= 0.3 is 0 Å². The monoisotopic (exact) mass is 304 g/mol. The highest BCUT2D eigenvalue weighted by molar-refractivity contribution is 6.31. The van der Waals surface area contributed by atoms with Crippen LogP contribution in [0.3, 0.4) is 0 Å². The predicted molar refractivity (Wildman–Crippen MR) is 85.0 cm³/mol. The molecule has 0 heterocycles. The predicted octanol–water partition coefficient (Wildman–Crippen LogP) is 3.37. The van der Waals surface area contributed by atoms with E-state index in [0.29, 0.717) is 28.6 Å². The van der Waals surface area contributed by atoms with E-state index in [-0.39, 0.29) is 5.91 Å². The highest BCUT2D eigenvalue weighted by Crippen LogP contribution is 2.31. The number of methoxy groups -OCH3 is 1. The van der Waals surface area contributed by atoms with Crippen LogP contribution in [0.5, 0.6) is 5.75 Å². The zero-order valence-electron chi connectivity index (χ0n) is 11.9. The molecule has 0 unspecified atom stereocenters. The van der Waals surface area contributed by atoms with Gasteiger partial charge in [0.25, 0.3) is 5.91 Å². The summed E-state index contributed by atoms with van der Waals surface area (Å²) in [7, 11) is 1.53. The minimum Gasteiger partial charge on any atom is -0.495 e. The molecule has 0 aliphatic rings. The molecule has 1 amide bonds. The Morgan fingerprint density at radius 3 is 2.52 bits per heavy atom. The summed E-state index contributed by atoms with van der Waals surface area (Å²) in [5, 5.41) is 3.42. The Morgan fingerprint density at radius 2 is 1.95 bits per heavy atom. The maximum absolute atomic E-state index is 12.2. The lowest BCUT2D eigenvalue weighted by molar-refractivity contribution is 0.102. The maximum atomic E-state index is 12.2. The van der Waals surface area contributed by atoms with E-state index in [1.165, 1.54) is 7.11 Å². The van der Waals surface area contributed by atoms with Crippen molar-refractivity contribution in [2.45, 2.75) is 13.5 Å². The van der Waals surface area contributed by atoms with Gasteiger partial charge in [0, 0.05) is 23.2 Å². The molecule has 21 heavy (non-hydrogen) atoms. The van der Waals surface area contributed by atoms with Gasteiger partial charge in [-0.15, -0.1) is 0 Å². The quantitative estimate of drug-likeness (QED) is 0.910. The number of nitrogens with two attached hydrogens (primary N) is 1. The summed E-state index contributed by atoms with van der Waals surface area (Å²) in [5.74, 6) is 0.316. The van der Waals surface area contributed by atoms with Crippen molar-refractivity contribution in [1.82, 2.24) is 0 Å². The SMILES string of the molecule is COc1cc(Cl)c(C)cc1NC(=O)c1ccc(CN)cc1. The Hall–Kier alpha value is -2.04. The van der Waals surface area contributed by atoms with Crippen molar-refractivity contribution in [3.05, 3.63) is 58.1 Å². The van der Waals surface area contributed by atoms with Crippen LogP contribution in [0, 0.1) is 6.92 Å². The molecule has 0 saturated carbocycles. The van der Waals surface area contributed by atoms with Crippen LogP contribution in [0.4, 0.5) is 5.69 Å². The molecule has 0 radical (unpaired) electrons. The van der Waals surface area contributed by atoms with Gasteiger partial charge in [-0.25, -0.2) is 0 Å². The van der Waals surface area contributed by atoms with Crippen LogP contribution >= 0.6 is 11.6 Å². The number of aryl methyl sites for hydroxylation is 1. The van der Waals surface area contributed by atoms with E-state index in [2.05, 4.69) is 5.32 Å². The highest BCUT2D eigenvalue weighted by atomic mass is 35.5. The molecule has 2 rings (SSSR count). The number of anilines is 1. The average Bonchev–Trinajstić information content (AvgIpc) is 2.50. The summed E-state index contributed by atoms with van der Waals surface area (Å²) in [6.45, 7) is 2.32. The van der Waals surface area contributed by atoms with E-state index < -0.39 is 0 Å². The van der Waals surface area contributed by atoms with Crippen LogP contribution in [-0.2, 0) is 6.54 Å². The lowest BCUT2D eigenvalue weighted by Crippen LogP contribution is -2.13. The molecular formula is C16H17ClN2O2. The smallest absolute Gasteiger partial charge is 0.255 e. The number of amides is 1. The average molecular weight is 305 g/mol. The Labute approximate surface area is 128 Å². The minimum absolute atomic E-state index is 0.210. The second kappa shape index (κ2) is 6.61. The molecule has 3 N–H and O–H groups in total. The number of carbonyl (C=O) groups is 1. The molecule has 0 atom stereocenters. The third-order valence-electron chi connectivity index (χ3n) is 3.18. The van der Waals surface area contributed by atoms with E-state index >= 15 is 0 Å². The van der Waals surface area contributed by atoms with Crippen LogP contribution < -0.4 is 15.8 Å². The number of carbonyl (C=O) groups excluding carboxylic acids is 1. The molecule has 0 saturated heterocycles. The first-order valence-electron chi connectivity index (χ1n) is 6.49. The Balaban J connectivity index is 2.24. The number of hydrogen-bond donors (Lipinski definition) is 2. The second-order valence-corrected chi connectivity index (χ2v) is 5.06. The molecule has 0 fully saturated rings. The first kappa shape index (κ1) is 15.4. The molecule has 4 nitrogen and oxygen atoms in total. The van der Waals surface area contributed by atoms with E-state index in [4.69, 9.17) is 22.1 Å². The van der Waals surface area contributed by atoms with Crippen molar-refractivity contribution in [2.75, 3.05) is 12.4 Å². The van der Waals surface area contributed by atoms with Crippen LogP contribution in [0.1, 0.15) is 21.5 Å². The first-order valence-corrected chi connectivity index (χ1v) is 6.87. The fourth-order valence-corrected chi connectivity index (χ4v) is 2.07. The summed E-state index contributed by atoms with van der Waals surface area (Å²) in [4.78, 5) is 12.2. The van der Waals surface area contributed by atoms with Crippen LogP contribution in [-0.4, -0.2) is 13.0 Å². The fraction of sp³-hybridized carbons (Fsp3) is 0.188. The molecule has 0 spiro atoms. The van der Waals surface area contributed by atoms with Crippen LogP contribution in [0.2, 0.25) is 5.02 Å². The van der Waals surface area contributed by atoms with Crippen molar-refractivity contribution in [2.24, 2.45) is 5.73 Å². The molecule has 5 heteroatoms. The summed E-state index contributed by atoms with van der Waals surface area (Å²) in [6, 6.07) is 10.6. The van der Waals surface area contributed by atoms with Crippen molar-refractivity contribution < 1.29 is 9.53 Å². The van der Waals surface area contributed by atoms with E-state index in [1.807, 2.05) is 19.1 Å². The largest absolute Gasteiger partial charge is 0.495 e. The van der Waals surface area contributed by atoms with E-state index in [9.17, 15) is 4.79 Å². The van der Waals surface area contributed by atoms with E-state index in [0.717, 1.165) is 11.1 Å². The van der Waals surface area contributed by atoms with Gasteiger partial charge in [-0.1, -0.05) is 23.7 Å². The fourth-order valence-electron chi connectivity index (χ4n) is 1.92. The first-order chi connectivity index (χ1) is 10.0. The van der Waals surface area contributed by atoms with Gasteiger partial charge in [-0.3, -0.25) is 4.79 Å². The third-order valence-corrected chi connectivity index (χ3v) is 3.59. The van der Waals surface area contributed by atoms with Gasteiger partial charge in [0.15, 0.2) is 0 Å². The van der Waals surface area contributed by atoms with Gasteiger partial charge in [0.05, 0.1) is 12.8 Å². The molecule has 0 aliphatic carbocycles. The zero-order chi connectivity index (χ0) is 15.4. The number of nitrogens with one attached hydrogen (secondary N) is 1. The van der Waals surface area contributed by atoms with E-state index in [1.54, 1.807) is 24.3 Å². The van der Waals surface area contributed by atoms with Crippen molar-refractivity contribution in [1.29, 1.82) is 0 Å². The Kier molecular flexibility index (Phi) is 4.83. The molecule has 2 aromatic carbocycles. The third kappa shape index (κ3) is 3.54. The van der Waals surface area contributed by atoms with Gasteiger partial charge in [-0.05, 0) is 36.2 Å². The summed E-state index contributed by atoms with van der Waals surface area (Å²) < 4.78 is 5.24. The number of rotatable bonds is 4. The zero-order valence-corrected chi connectivity index (χ0v) is 12.7. The maximum Gasteiger partial charge on any atom is 0.255 e. The Morgan fingerprint density at radius 1 is 1.29 bits per heavy atom. The number of hydrogen-bond acceptors (Lipinski definition) is 3. The summed E-state index contributed by atoms with van der Waals surface area (Å²) >= 11 is 6.05. The van der Waals surface area contributed by atoms with Gasteiger partial charge in [-0.2, -0.15) is 0 Å². The molecule has 0 bridgehead atoms. The van der Waals surface area contributed by atoms with Crippen LogP contribution in [0.25, 0.3) is 0 Å². The van der Waals surface area contributed by atoms with Crippen molar-refractivity contribution in [3.8, 4) is 5.75 Å². The molecule has 0 aliphatic heterocycles. The molecule has 110 valence electrons. The lowest BCUT2D eigenvalue weighted by Gasteiger charge is -2.12.